The summed E-state index contributed by atoms with van der Waals surface area (Å²) < 4.78 is 5.28. The highest BCUT2D eigenvalue weighted by atomic mass is 35.5. The van der Waals surface area contributed by atoms with Gasteiger partial charge >= 0.3 is 0 Å². The average molecular weight is 342 g/mol. The summed E-state index contributed by atoms with van der Waals surface area (Å²) >= 11 is 12.0. The smallest absolute Gasteiger partial charge is 0.275 e. The highest BCUT2D eigenvalue weighted by Gasteiger charge is 2.16. The molecule has 2 aromatic rings. The summed E-state index contributed by atoms with van der Waals surface area (Å²) in [7, 11) is 1.95. The van der Waals surface area contributed by atoms with Gasteiger partial charge in [-0.3, -0.25) is 4.79 Å². The third-order valence-electron chi connectivity index (χ3n) is 3.32. The minimum atomic E-state index is -0.173. The number of amides is 1. The molecule has 0 spiro atoms. The Labute approximate surface area is 140 Å². The summed E-state index contributed by atoms with van der Waals surface area (Å²) in [6.07, 6.45) is 1.63. The van der Waals surface area contributed by atoms with Crippen LogP contribution in [0.25, 0.3) is 0 Å². The number of halogens is 2. The Hall–Kier alpha value is -1.49. The number of carbonyl (C=O) groups excluding carboxylic acids is 1. The van der Waals surface area contributed by atoms with E-state index >= 15 is 0 Å². The lowest BCUT2D eigenvalue weighted by molar-refractivity contribution is -0.886. The molecule has 2 atom stereocenters. The molecule has 0 saturated heterocycles. The summed E-state index contributed by atoms with van der Waals surface area (Å²) in [5.74, 6) is 0.821. The van der Waals surface area contributed by atoms with Gasteiger partial charge in [-0.25, -0.2) is 0 Å². The minimum Gasteiger partial charge on any atom is -0.463 e. The molecule has 4 nitrogen and oxygen atoms in total. The fourth-order valence-electron chi connectivity index (χ4n) is 2.27. The van der Waals surface area contributed by atoms with Gasteiger partial charge in [0.15, 0.2) is 12.3 Å². The largest absolute Gasteiger partial charge is 0.463 e. The normalized spacial score (nSPS) is 13.6. The van der Waals surface area contributed by atoms with E-state index in [9.17, 15) is 4.79 Å². The molecule has 118 valence electrons. The number of nitrogens with one attached hydrogen (secondary N) is 2. The van der Waals surface area contributed by atoms with Crippen molar-refractivity contribution < 1.29 is 14.1 Å². The van der Waals surface area contributed by atoms with Gasteiger partial charge in [-0.15, -0.1) is 0 Å². The van der Waals surface area contributed by atoms with Gasteiger partial charge < -0.3 is 14.6 Å². The third kappa shape index (κ3) is 4.77. The minimum absolute atomic E-state index is 0.0393. The lowest BCUT2D eigenvalue weighted by Crippen LogP contribution is -3.08. The number of rotatable bonds is 6. The summed E-state index contributed by atoms with van der Waals surface area (Å²) in [5.41, 5.74) is 0.850. The first kappa shape index (κ1) is 16.9. The SMILES string of the molecule is C[C@@H](NC(=O)C[NH+](C)Cc1ccco1)c1ccc(Cl)cc1Cl. The fraction of sp³-hybridized carbons (Fsp3) is 0.312. The van der Waals surface area contributed by atoms with Crippen LogP contribution in [0.1, 0.15) is 24.3 Å². The predicted molar refractivity (Wildman–Crippen MR) is 87.2 cm³/mol. The predicted octanol–water partition coefficient (Wildman–Crippen LogP) is 2.48. The number of benzene rings is 1. The van der Waals surface area contributed by atoms with Gasteiger partial charge in [0, 0.05) is 10.0 Å². The summed E-state index contributed by atoms with van der Waals surface area (Å²) in [5, 5.41) is 4.08. The van der Waals surface area contributed by atoms with Gasteiger partial charge in [0.1, 0.15) is 6.54 Å². The van der Waals surface area contributed by atoms with Crippen molar-refractivity contribution in [3.63, 3.8) is 0 Å². The average Bonchev–Trinajstić information content (AvgIpc) is 2.90. The molecule has 1 unspecified atom stereocenters. The zero-order valence-corrected chi connectivity index (χ0v) is 14.0. The van der Waals surface area contributed by atoms with Crippen LogP contribution >= 0.6 is 23.2 Å². The van der Waals surface area contributed by atoms with Crippen LogP contribution in [0.4, 0.5) is 0 Å². The van der Waals surface area contributed by atoms with E-state index in [1.165, 1.54) is 0 Å². The zero-order chi connectivity index (χ0) is 16.1. The van der Waals surface area contributed by atoms with Crippen molar-refractivity contribution >= 4 is 29.1 Å². The highest BCUT2D eigenvalue weighted by molar-refractivity contribution is 6.35. The Morgan fingerprint density at radius 3 is 2.77 bits per heavy atom. The van der Waals surface area contributed by atoms with Crippen molar-refractivity contribution in [1.82, 2.24) is 5.32 Å². The topological polar surface area (TPSA) is 46.7 Å². The van der Waals surface area contributed by atoms with E-state index in [-0.39, 0.29) is 11.9 Å². The van der Waals surface area contributed by atoms with Gasteiger partial charge in [-0.1, -0.05) is 29.3 Å². The molecule has 0 aliphatic rings. The number of likely N-dealkylation sites (N-methyl/N-ethyl adjacent to an activating group) is 1. The molecule has 1 heterocycles. The van der Waals surface area contributed by atoms with Gasteiger partial charge in [0.25, 0.3) is 5.91 Å². The maximum Gasteiger partial charge on any atom is 0.275 e. The molecular formula is C16H19Cl2N2O2+. The fourth-order valence-corrected chi connectivity index (χ4v) is 2.84. The Kier molecular flexibility index (Phi) is 5.89. The number of furan rings is 1. The van der Waals surface area contributed by atoms with Crippen molar-refractivity contribution in [1.29, 1.82) is 0 Å². The van der Waals surface area contributed by atoms with Crippen LogP contribution in [-0.2, 0) is 11.3 Å². The van der Waals surface area contributed by atoms with Crippen LogP contribution in [0.5, 0.6) is 0 Å². The molecule has 0 saturated carbocycles. The highest BCUT2D eigenvalue weighted by Crippen LogP contribution is 2.25. The molecule has 2 rings (SSSR count). The van der Waals surface area contributed by atoms with Crippen LogP contribution in [0.15, 0.2) is 41.0 Å². The van der Waals surface area contributed by atoms with E-state index < -0.39 is 0 Å². The summed E-state index contributed by atoms with van der Waals surface area (Å²) in [6, 6.07) is 8.84. The van der Waals surface area contributed by atoms with E-state index in [4.69, 9.17) is 27.6 Å². The monoisotopic (exact) mass is 341 g/mol. The van der Waals surface area contributed by atoms with Crippen molar-refractivity contribution in [2.45, 2.75) is 19.5 Å². The first-order valence-electron chi connectivity index (χ1n) is 7.03. The number of hydrogen-bond acceptors (Lipinski definition) is 2. The Bertz CT molecular complexity index is 629. The van der Waals surface area contributed by atoms with Gasteiger partial charge in [0.2, 0.25) is 0 Å². The van der Waals surface area contributed by atoms with Gasteiger partial charge in [-0.05, 0) is 36.8 Å². The summed E-state index contributed by atoms with van der Waals surface area (Å²) in [6.45, 7) is 2.92. The van der Waals surface area contributed by atoms with Crippen LogP contribution in [0, 0.1) is 0 Å². The van der Waals surface area contributed by atoms with Crippen molar-refractivity contribution in [2.24, 2.45) is 0 Å². The van der Waals surface area contributed by atoms with E-state index in [0.717, 1.165) is 16.2 Å². The van der Waals surface area contributed by atoms with E-state index in [1.807, 2.05) is 32.2 Å². The molecule has 1 aromatic carbocycles. The van der Waals surface area contributed by atoms with E-state index in [1.54, 1.807) is 18.4 Å². The van der Waals surface area contributed by atoms with Crippen molar-refractivity contribution in [3.05, 3.63) is 58.0 Å². The first-order valence-corrected chi connectivity index (χ1v) is 7.79. The molecule has 0 aliphatic carbocycles. The number of carbonyl (C=O) groups is 1. The van der Waals surface area contributed by atoms with Gasteiger partial charge in [0.05, 0.1) is 19.4 Å². The maximum absolute atomic E-state index is 12.1. The standard InChI is InChI=1S/C16H18Cl2N2O2/c1-11(14-6-5-12(17)8-15(14)18)19-16(21)10-20(2)9-13-4-3-7-22-13/h3-8,11H,9-10H2,1-2H3,(H,19,21)/p+1/t11-/m1/s1. The van der Waals surface area contributed by atoms with Crippen molar-refractivity contribution in [2.75, 3.05) is 13.6 Å². The molecule has 2 N–H and O–H groups in total. The molecule has 6 heteroatoms. The first-order chi connectivity index (χ1) is 10.5. The Morgan fingerprint density at radius 2 is 2.14 bits per heavy atom. The molecule has 0 aliphatic heterocycles. The molecule has 0 bridgehead atoms. The third-order valence-corrected chi connectivity index (χ3v) is 3.89. The number of hydrogen-bond donors (Lipinski definition) is 2. The molecular weight excluding hydrogens is 323 g/mol. The quantitative estimate of drug-likeness (QED) is 0.847. The van der Waals surface area contributed by atoms with E-state index in [2.05, 4.69) is 5.32 Å². The van der Waals surface area contributed by atoms with Crippen LogP contribution in [-0.4, -0.2) is 19.5 Å². The molecule has 1 amide bonds. The van der Waals surface area contributed by atoms with Gasteiger partial charge in [-0.2, -0.15) is 0 Å². The lowest BCUT2D eigenvalue weighted by Gasteiger charge is -2.18. The Balaban J connectivity index is 1.88. The second-order valence-electron chi connectivity index (χ2n) is 5.35. The zero-order valence-electron chi connectivity index (χ0n) is 12.5. The lowest BCUT2D eigenvalue weighted by atomic mass is 10.1. The molecule has 22 heavy (non-hydrogen) atoms. The Morgan fingerprint density at radius 1 is 1.36 bits per heavy atom. The number of quaternary nitrogens is 1. The molecule has 0 fully saturated rings. The van der Waals surface area contributed by atoms with Crippen LogP contribution in [0.3, 0.4) is 0 Å². The van der Waals surface area contributed by atoms with Crippen molar-refractivity contribution in [3.8, 4) is 0 Å². The van der Waals surface area contributed by atoms with E-state index in [0.29, 0.717) is 23.1 Å². The van der Waals surface area contributed by atoms with Crippen LogP contribution < -0.4 is 10.2 Å². The maximum atomic E-state index is 12.1. The second kappa shape index (κ2) is 7.68. The molecule has 1 aromatic heterocycles. The second-order valence-corrected chi connectivity index (χ2v) is 6.19. The molecule has 0 radical (unpaired) electrons. The van der Waals surface area contributed by atoms with Crippen LogP contribution in [0.2, 0.25) is 10.0 Å². The summed E-state index contributed by atoms with van der Waals surface area (Å²) in [4.78, 5) is 13.2.